The molecule has 2 saturated heterocycles. The van der Waals surface area contributed by atoms with Crippen LogP contribution in [0.2, 0.25) is 0 Å². The van der Waals surface area contributed by atoms with Gasteiger partial charge in [0, 0.05) is 49.6 Å². The molecule has 1 aromatic carbocycles. The molecule has 0 atom stereocenters. The van der Waals surface area contributed by atoms with Crippen LogP contribution in [-0.4, -0.2) is 82.1 Å². The Morgan fingerprint density at radius 1 is 1.09 bits per heavy atom. The standard InChI is InChI=1S/C31H40F3N5O4/c1-19(2)39(22-12-20(13-22)26(33)34)28(40)23-14-21(32)6-7-24(23)42-25-15-35-18-36-27(25)38-16-31(17-38)8-10-37(11-9-31)29(41)43-30(3,4)5/h6-7,14-15,18-20,22,26H,8-13,16-17H2,1-5H3. The molecule has 2 aromatic rings. The molecular weight excluding hydrogens is 563 g/mol. The second kappa shape index (κ2) is 11.8. The van der Waals surface area contributed by atoms with E-state index in [1.54, 1.807) is 9.80 Å². The summed E-state index contributed by atoms with van der Waals surface area (Å²) < 4.78 is 52.4. The second-order valence-corrected chi connectivity index (χ2v) is 13.3. The highest BCUT2D eigenvalue weighted by molar-refractivity contribution is 5.97. The molecule has 1 saturated carbocycles. The van der Waals surface area contributed by atoms with Gasteiger partial charge in [0.1, 0.15) is 23.5 Å². The Kier molecular flexibility index (Phi) is 8.50. The first-order valence-corrected chi connectivity index (χ1v) is 14.9. The topological polar surface area (TPSA) is 88.1 Å². The molecule has 1 aromatic heterocycles. The Morgan fingerprint density at radius 3 is 2.37 bits per heavy atom. The Balaban J connectivity index is 1.28. The number of anilines is 1. The number of rotatable bonds is 7. The van der Waals surface area contributed by atoms with Gasteiger partial charge in [0.25, 0.3) is 5.91 Å². The lowest BCUT2D eigenvalue weighted by Crippen LogP contribution is -2.61. The molecule has 12 heteroatoms. The zero-order valence-corrected chi connectivity index (χ0v) is 25.4. The van der Waals surface area contributed by atoms with E-state index >= 15 is 0 Å². The molecule has 43 heavy (non-hydrogen) atoms. The number of hydrogen-bond donors (Lipinski definition) is 0. The number of nitrogens with zero attached hydrogens (tertiary/aromatic N) is 5. The van der Waals surface area contributed by atoms with E-state index in [2.05, 4.69) is 14.9 Å². The number of amides is 2. The normalized spacial score (nSPS) is 21.4. The van der Waals surface area contributed by atoms with Gasteiger partial charge in [-0.15, -0.1) is 0 Å². The third-order valence-corrected chi connectivity index (χ3v) is 8.57. The minimum atomic E-state index is -2.43. The average molecular weight is 604 g/mol. The van der Waals surface area contributed by atoms with E-state index in [1.807, 2.05) is 34.6 Å². The van der Waals surface area contributed by atoms with Gasteiger partial charge in [-0.1, -0.05) is 0 Å². The molecule has 0 unspecified atom stereocenters. The molecule has 3 aliphatic rings. The Bertz CT molecular complexity index is 1330. The zero-order chi connectivity index (χ0) is 31.1. The fourth-order valence-corrected chi connectivity index (χ4v) is 6.24. The van der Waals surface area contributed by atoms with Crippen molar-refractivity contribution in [2.45, 2.75) is 84.4 Å². The van der Waals surface area contributed by atoms with Crippen molar-refractivity contribution in [1.82, 2.24) is 19.8 Å². The monoisotopic (exact) mass is 603 g/mol. The van der Waals surface area contributed by atoms with Gasteiger partial charge in [0.15, 0.2) is 11.6 Å². The van der Waals surface area contributed by atoms with E-state index in [0.29, 0.717) is 37.7 Å². The highest BCUT2D eigenvalue weighted by Gasteiger charge is 2.47. The smallest absolute Gasteiger partial charge is 0.410 e. The summed E-state index contributed by atoms with van der Waals surface area (Å²) >= 11 is 0. The lowest BCUT2D eigenvalue weighted by Gasteiger charge is -2.54. The fourth-order valence-electron chi connectivity index (χ4n) is 6.24. The van der Waals surface area contributed by atoms with Crippen molar-refractivity contribution in [2.24, 2.45) is 11.3 Å². The average Bonchev–Trinajstić information content (AvgIpc) is 2.88. The molecular formula is C31H40F3N5O4. The van der Waals surface area contributed by atoms with Crippen LogP contribution in [0.25, 0.3) is 0 Å². The van der Waals surface area contributed by atoms with Gasteiger partial charge in [0.05, 0.1) is 11.8 Å². The molecule has 1 spiro atoms. The second-order valence-electron chi connectivity index (χ2n) is 13.3. The molecule has 3 heterocycles. The minimum absolute atomic E-state index is 0.0126. The van der Waals surface area contributed by atoms with Crippen molar-refractivity contribution in [3.8, 4) is 11.5 Å². The number of ether oxygens (including phenoxy) is 2. The van der Waals surface area contributed by atoms with Crippen molar-refractivity contribution in [2.75, 3.05) is 31.1 Å². The zero-order valence-electron chi connectivity index (χ0n) is 25.4. The van der Waals surface area contributed by atoms with Crippen LogP contribution in [0.4, 0.5) is 23.8 Å². The number of likely N-dealkylation sites (tertiary alicyclic amines) is 1. The summed E-state index contributed by atoms with van der Waals surface area (Å²) in [5, 5.41) is 0. The van der Waals surface area contributed by atoms with Gasteiger partial charge in [-0.25, -0.2) is 27.9 Å². The van der Waals surface area contributed by atoms with Gasteiger partial charge in [-0.2, -0.15) is 0 Å². The molecule has 0 radical (unpaired) electrons. The number of carbonyl (C=O) groups excluding carboxylic acids is 2. The number of alkyl halides is 2. The van der Waals surface area contributed by atoms with E-state index in [4.69, 9.17) is 9.47 Å². The molecule has 0 bridgehead atoms. The van der Waals surface area contributed by atoms with E-state index in [0.717, 1.165) is 18.9 Å². The first-order valence-electron chi connectivity index (χ1n) is 14.9. The summed E-state index contributed by atoms with van der Waals surface area (Å²) in [7, 11) is 0. The van der Waals surface area contributed by atoms with Crippen LogP contribution in [0.1, 0.15) is 70.7 Å². The number of piperidine rings is 1. The number of aromatic nitrogens is 2. The molecule has 1 aliphatic carbocycles. The van der Waals surface area contributed by atoms with Gasteiger partial charge >= 0.3 is 6.09 Å². The molecule has 3 fully saturated rings. The van der Waals surface area contributed by atoms with Gasteiger partial charge in [-0.3, -0.25) is 4.79 Å². The molecule has 0 N–H and O–H groups in total. The summed E-state index contributed by atoms with van der Waals surface area (Å²) in [6.45, 7) is 11.8. The van der Waals surface area contributed by atoms with Gasteiger partial charge < -0.3 is 24.2 Å². The lowest BCUT2D eigenvalue weighted by molar-refractivity contribution is -0.0246. The summed E-state index contributed by atoms with van der Waals surface area (Å²) in [4.78, 5) is 40.1. The third kappa shape index (κ3) is 6.67. The van der Waals surface area contributed by atoms with Gasteiger partial charge in [0.2, 0.25) is 6.43 Å². The minimum Gasteiger partial charge on any atom is -0.451 e. The van der Waals surface area contributed by atoms with Crippen molar-refractivity contribution in [3.63, 3.8) is 0 Å². The third-order valence-electron chi connectivity index (χ3n) is 8.57. The Morgan fingerprint density at radius 2 is 1.77 bits per heavy atom. The van der Waals surface area contributed by atoms with Crippen LogP contribution < -0.4 is 9.64 Å². The maximum absolute atomic E-state index is 14.4. The van der Waals surface area contributed by atoms with Crippen molar-refractivity contribution in [3.05, 3.63) is 42.1 Å². The highest BCUT2D eigenvalue weighted by atomic mass is 19.3. The molecule has 2 aliphatic heterocycles. The van der Waals surface area contributed by atoms with E-state index in [1.165, 1.54) is 24.7 Å². The van der Waals surface area contributed by atoms with Crippen LogP contribution in [0.3, 0.4) is 0 Å². The van der Waals surface area contributed by atoms with Crippen molar-refractivity contribution >= 4 is 17.8 Å². The quantitative estimate of drug-likeness (QED) is 0.376. The molecule has 2 amide bonds. The molecule has 234 valence electrons. The van der Waals surface area contributed by atoms with Crippen LogP contribution in [0, 0.1) is 17.2 Å². The first-order chi connectivity index (χ1) is 20.2. The number of hydrogen-bond acceptors (Lipinski definition) is 7. The predicted molar refractivity (Wildman–Crippen MR) is 154 cm³/mol. The van der Waals surface area contributed by atoms with Crippen LogP contribution in [0.5, 0.6) is 11.5 Å². The summed E-state index contributed by atoms with van der Waals surface area (Å²) in [5.41, 5.74) is -0.493. The largest absolute Gasteiger partial charge is 0.451 e. The highest BCUT2D eigenvalue weighted by Crippen LogP contribution is 2.45. The summed E-state index contributed by atoms with van der Waals surface area (Å²) in [6, 6.07) is 3.10. The maximum Gasteiger partial charge on any atom is 0.410 e. The number of halogens is 3. The van der Waals surface area contributed by atoms with E-state index in [9.17, 15) is 22.8 Å². The van der Waals surface area contributed by atoms with E-state index in [-0.39, 0.29) is 47.7 Å². The molecule has 5 rings (SSSR count). The lowest BCUT2D eigenvalue weighted by atomic mass is 9.72. The SMILES string of the molecule is CC(C)N(C(=O)c1cc(F)ccc1Oc1cncnc1N1CC2(CCN(C(=O)OC(C)(C)C)CC2)C1)C1CC(C(F)F)C1. The first kappa shape index (κ1) is 30.9. The maximum atomic E-state index is 14.4. The number of benzene rings is 1. The fraction of sp³-hybridized carbons (Fsp3) is 0.613. The molecule has 9 nitrogen and oxygen atoms in total. The van der Waals surface area contributed by atoms with Crippen LogP contribution in [-0.2, 0) is 4.74 Å². The van der Waals surface area contributed by atoms with Gasteiger partial charge in [-0.05, 0) is 78.5 Å². The summed E-state index contributed by atoms with van der Waals surface area (Å²) in [6.07, 6.45) is 2.28. The number of carbonyl (C=O) groups is 2. The Labute approximate surface area is 250 Å². The van der Waals surface area contributed by atoms with Crippen molar-refractivity contribution in [1.29, 1.82) is 0 Å². The Hall–Kier alpha value is -3.57. The predicted octanol–water partition coefficient (Wildman–Crippen LogP) is 6.14. The van der Waals surface area contributed by atoms with Crippen molar-refractivity contribution < 1.29 is 32.2 Å². The summed E-state index contributed by atoms with van der Waals surface area (Å²) in [5.74, 6) is -0.806. The van der Waals surface area contributed by atoms with E-state index < -0.39 is 29.7 Å². The van der Waals surface area contributed by atoms with Crippen LogP contribution in [0.15, 0.2) is 30.7 Å². The van der Waals surface area contributed by atoms with Crippen LogP contribution >= 0.6 is 0 Å².